The molecule has 0 bridgehead atoms. The third-order valence-electron chi connectivity index (χ3n) is 17.6. The van der Waals surface area contributed by atoms with Gasteiger partial charge in [-0.2, -0.15) is 0 Å². The maximum atomic E-state index is 14.7. The highest BCUT2D eigenvalue weighted by atomic mass is 19.1. The van der Waals surface area contributed by atoms with E-state index in [0.717, 1.165) is 28.8 Å². The Balaban J connectivity index is 1.19. The number of quaternary nitrogens is 1. The molecule has 2 aromatic rings. The highest BCUT2D eigenvalue weighted by molar-refractivity contribution is 5.92. The number of alkyl halides is 1. The molecule has 1 aromatic heterocycles. The molecule has 18 atom stereocenters. The number of ether oxygens (including phenoxy) is 5. The molecule has 434 valence electrons. The maximum absolute atomic E-state index is 14.7. The maximum Gasteiger partial charge on any atom is 0.309 e. The minimum atomic E-state index is -1.80. The Bertz CT molecular complexity index is 2260. The number of aliphatic hydroxyl groups is 4. The van der Waals surface area contributed by atoms with Crippen LogP contribution in [0, 0.1) is 23.7 Å². The van der Waals surface area contributed by atoms with E-state index in [-0.39, 0.29) is 43.2 Å². The summed E-state index contributed by atoms with van der Waals surface area (Å²) in [5, 5.41) is 49.8. The smallest absolute Gasteiger partial charge is 0.309 e. The summed E-state index contributed by atoms with van der Waals surface area (Å²) in [6.45, 7) is 19.0. The summed E-state index contributed by atoms with van der Waals surface area (Å²) in [6.07, 6.45) is 0.446. The molecule has 1 amide bonds. The number of methoxy groups -OCH3 is 1. The molecule has 0 saturated carbocycles. The van der Waals surface area contributed by atoms with Gasteiger partial charge in [-0.1, -0.05) is 63.6 Å². The third-order valence-corrected chi connectivity index (χ3v) is 17.6. The largest absolute Gasteiger partial charge is 0.459 e. The van der Waals surface area contributed by atoms with Crippen LogP contribution in [-0.4, -0.2) is 196 Å². The number of benzene rings is 1. The molecule has 0 aliphatic carbocycles. The van der Waals surface area contributed by atoms with Crippen LogP contribution in [0.5, 0.6) is 0 Å². The molecule has 3 fully saturated rings. The summed E-state index contributed by atoms with van der Waals surface area (Å²) in [5.74, 6) is -2.97. The summed E-state index contributed by atoms with van der Waals surface area (Å²) in [4.78, 5) is 37.1. The molecule has 3 saturated heterocycles. The normalized spacial score (nSPS) is 37.6. The Hall–Kier alpha value is -3.70. The van der Waals surface area contributed by atoms with E-state index in [9.17, 15) is 34.4 Å². The number of nitrogens with one attached hydrogen (secondary N) is 1. The monoisotopic (exact) mass is 1080 g/mol. The molecule has 4 aliphatic heterocycles. The lowest BCUT2D eigenvalue weighted by Gasteiger charge is -2.51. The summed E-state index contributed by atoms with van der Waals surface area (Å²) >= 11 is 0. The Morgan fingerprint density at radius 3 is 2.26 bits per heavy atom. The first-order chi connectivity index (χ1) is 36.1. The number of hydrazine groups is 1. The van der Waals surface area contributed by atoms with Crippen LogP contribution < -0.4 is 11.0 Å². The van der Waals surface area contributed by atoms with Gasteiger partial charge in [-0.15, -0.1) is 0 Å². The number of esters is 1. The van der Waals surface area contributed by atoms with E-state index in [1.807, 2.05) is 100 Å². The van der Waals surface area contributed by atoms with Gasteiger partial charge in [-0.3, -0.25) is 19.6 Å². The van der Waals surface area contributed by atoms with Crippen molar-refractivity contribution in [1.82, 2.24) is 30.2 Å². The fourth-order valence-corrected chi connectivity index (χ4v) is 12.7. The molecular weight excluding hydrogens is 990 g/mol. The molecule has 77 heavy (non-hydrogen) atoms. The van der Waals surface area contributed by atoms with Crippen molar-refractivity contribution in [3.8, 4) is 11.1 Å². The molecule has 19 heteroatoms. The van der Waals surface area contributed by atoms with E-state index >= 15 is 0 Å². The van der Waals surface area contributed by atoms with Gasteiger partial charge >= 0.3 is 5.97 Å². The van der Waals surface area contributed by atoms with Gasteiger partial charge in [-0.25, -0.2) is 9.82 Å². The van der Waals surface area contributed by atoms with Crippen molar-refractivity contribution in [2.45, 2.75) is 198 Å². The molecule has 1 aromatic carbocycles. The minimum Gasteiger partial charge on any atom is -0.459 e. The fraction of sp³-hybridized carbons (Fsp3) is 0.741. The van der Waals surface area contributed by atoms with Gasteiger partial charge in [0, 0.05) is 83.3 Å². The predicted molar refractivity (Wildman–Crippen MR) is 291 cm³/mol. The second kappa shape index (κ2) is 26.3. The van der Waals surface area contributed by atoms with Crippen LogP contribution in [0.15, 0.2) is 54.5 Å². The van der Waals surface area contributed by atoms with Crippen molar-refractivity contribution in [1.29, 1.82) is 0 Å². The van der Waals surface area contributed by atoms with Gasteiger partial charge in [-0.05, 0) is 110 Å². The highest BCUT2D eigenvalue weighted by Crippen LogP contribution is 2.45. The standard InChI is InChI=1S/C58H94FN7O11/c1-16-48-58(10,72)51(67)38(6)65(14)32-34(2)28-56(8,71)53(36(4)50(37(5)55(70)76-48)47-29-57(9,73-15)52(68)39(7)75-47)77-49-27-44(25-35(3)74-49)64(13)24-23-43-33-66(62-61-43)45(30-59)26-40-17-19-41(20-18-40)42-21-22-46(60-31-42)54(69)63(11)12/h17-22,31,33-39,44-45,47-53,61-62,67-68,71-72H,16,23-30,32H2,1-15H3/p+1/t34-,35-,36+,37-,38-,39+,44+,45+,47?,48-,49?,50+,51?,52+,53-,56-,57-,58-/m1/s1. The molecular formula is C58H95FN7O11+. The Morgan fingerprint density at radius 1 is 0.974 bits per heavy atom. The molecule has 0 radical (unpaired) electrons. The minimum absolute atomic E-state index is 0.0449. The van der Waals surface area contributed by atoms with Crippen LogP contribution >= 0.6 is 0 Å². The third kappa shape index (κ3) is 14.8. The number of hydrogen-bond donors (Lipinski definition) is 6. The Kier molecular flexibility index (Phi) is 21.3. The number of aromatic nitrogens is 1. The Morgan fingerprint density at radius 2 is 1.65 bits per heavy atom. The zero-order valence-corrected chi connectivity index (χ0v) is 48.7. The summed E-state index contributed by atoms with van der Waals surface area (Å²) < 4.78 is 47.4. The van der Waals surface area contributed by atoms with Crippen LogP contribution in [0.4, 0.5) is 4.39 Å². The van der Waals surface area contributed by atoms with E-state index < -0.39 is 102 Å². The number of halogens is 1. The van der Waals surface area contributed by atoms with Crippen LogP contribution in [0.3, 0.4) is 0 Å². The first kappa shape index (κ1) is 62.5. The zero-order valence-electron chi connectivity index (χ0n) is 48.7. The summed E-state index contributed by atoms with van der Waals surface area (Å²) in [6, 6.07) is 10.7. The molecule has 6 rings (SSSR count). The highest BCUT2D eigenvalue weighted by Gasteiger charge is 2.54. The zero-order chi connectivity index (χ0) is 56.9. The second-order valence-corrected chi connectivity index (χ2v) is 24.1. The van der Waals surface area contributed by atoms with Crippen molar-refractivity contribution in [3.05, 3.63) is 65.7 Å². The first-order valence-corrected chi connectivity index (χ1v) is 28.0. The average Bonchev–Trinajstić information content (AvgIpc) is 3.87. The van der Waals surface area contributed by atoms with E-state index in [1.165, 1.54) is 11.8 Å². The lowest BCUT2D eigenvalue weighted by Crippen LogP contribution is -2.91. The number of carbonyl (C=O) groups is 2. The second-order valence-electron chi connectivity index (χ2n) is 24.1. The molecule has 7 N–H and O–H groups in total. The number of rotatable bonds is 15. The quantitative estimate of drug-likeness (QED) is 0.107. The van der Waals surface area contributed by atoms with Gasteiger partial charge < -0.3 is 58.8 Å². The SMILES string of the molecule is CC[C@H]1OC(=O)[C@H](C)[C@@H](C2C[C@@](C)(OC)[C@@H](O)[C@H](C)O2)[C@H](C)[C@@H](OC2C[C@@H](N(C)CCC3=CN([C@H](CF)Cc4ccc(-c5ccc(C(=O)N(C)C)nc5)cc4)N[NH2+]3)C[C@@H](C)O2)[C@](C)(O)C[C@@H](C)CN(C)[C@H](C)C(O)[C@]1(C)O. The summed E-state index contributed by atoms with van der Waals surface area (Å²) in [7, 11) is 8.91. The predicted octanol–water partition coefficient (Wildman–Crippen LogP) is 4.45. The van der Waals surface area contributed by atoms with E-state index in [1.54, 1.807) is 54.2 Å². The van der Waals surface area contributed by atoms with Crippen LogP contribution in [-0.2, 0) is 34.9 Å². The van der Waals surface area contributed by atoms with Gasteiger partial charge in [0.1, 0.15) is 42.0 Å². The number of carbonyl (C=O) groups excluding carboxylic acids is 2. The van der Waals surface area contributed by atoms with Crippen molar-refractivity contribution < 1.29 is 63.5 Å². The fourth-order valence-electron chi connectivity index (χ4n) is 12.7. The number of likely N-dealkylation sites (N-methyl/N-ethyl adjacent to an activating group) is 1. The van der Waals surface area contributed by atoms with Gasteiger partial charge in [0.05, 0.1) is 53.8 Å². The van der Waals surface area contributed by atoms with Crippen molar-refractivity contribution >= 4 is 11.9 Å². The van der Waals surface area contributed by atoms with Gasteiger partial charge in [0.25, 0.3) is 5.91 Å². The number of nitrogens with two attached hydrogens (primary N) is 1. The number of hydrogen-bond acceptors (Lipinski definition) is 16. The van der Waals surface area contributed by atoms with Crippen molar-refractivity contribution in [2.24, 2.45) is 23.7 Å². The van der Waals surface area contributed by atoms with E-state index in [2.05, 4.69) is 22.5 Å². The van der Waals surface area contributed by atoms with Gasteiger partial charge in [0.2, 0.25) is 0 Å². The number of aliphatic hydroxyl groups excluding tert-OH is 2. The topological polar surface area (TPSA) is 216 Å². The molecule has 5 heterocycles. The Labute approximate surface area is 457 Å². The van der Waals surface area contributed by atoms with E-state index in [4.69, 9.17) is 23.7 Å². The lowest BCUT2D eigenvalue weighted by molar-refractivity contribution is -0.679. The van der Waals surface area contributed by atoms with Crippen molar-refractivity contribution in [3.63, 3.8) is 0 Å². The number of amides is 1. The van der Waals surface area contributed by atoms with Gasteiger partial charge in [0.15, 0.2) is 6.29 Å². The average molecular weight is 1090 g/mol. The van der Waals surface area contributed by atoms with E-state index in [0.29, 0.717) is 38.0 Å². The van der Waals surface area contributed by atoms with Crippen molar-refractivity contribution in [2.75, 3.05) is 55.1 Å². The van der Waals surface area contributed by atoms with Crippen LogP contribution in [0.1, 0.15) is 124 Å². The number of pyridine rings is 1. The molecule has 3 unspecified atom stereocenters. The first-order valence-electron chi connectivity index (χ1n) is 28.0. The summed E-state index contributed by atoms with van der Waals surface area (Å²) in [5.41, 5.74) is 5.15. The van der Waals surface area contributed by atoms with Crippen LogP contribution in [0.2, 0.25) is 0 Å². The molecule has 0 spiro atoms. The van der Waals surface area contributed by atoms with Crippen LogP contribution in [0.25, 0.3) is 11.1 Å². The molecule has 18 nitrogen and oxygen atoms in total. The molecule has 4 aliphatic rings. The number of cyclic esters (lactones) is 1. The lowest BCUT2D eigenvalue weighted by atomic mass is 9.68. The number of nitrogens with zero attached hydrogens (tertiary/aromatic N) is 5.